The maximum Gasteiger partial charge on any atom is 0.261 e. The van der Waals surface area contributed by atoms with Crippen LogP contribution in [0.3, 0.4) is 0 Å². The largest absolute Gasteiger partial charge is 0.373 e. The lowest BCUT2D eigenvalue weighted by Crippen LogP contribution is -2.33. The van der Waals surface area contributed by atoms with Crippen molar-refractivity contribution in [3.63, 3.8) is 0 Å². The number of aryl methyl sites for hydroxylation is 1. The van der Waals surface area contributed by atoms with Crippen molar-refractivity contribution >= 4 is 27.3 Å². The van der Waals surface area contributed by atoms with Crippen LogP contribution in [-0.2, 0) is 17.1 Å². The lowest BCUT2D eigenvalue weighted by molar-refractivity contribution is 0.578. The van der Waals surface area contributed by atoms with Crippen LogP contribution in [0.2, 0.25) is 5.15 Å². The molecule has 0 fully saturated rings. The van der Waals surface area contributed by atoms with Crippen LogP contribution in [0.1, 0.15) is 0 Å². The van der Waals surface area contributed by atoms with Crippen LogP contribution in [0.15, 0.2) is 41.7 Å². The third-order valence-electron chi connectivity index (χ3n) is 3.03. The minimum Gasteiger partial charge on any atom is -0.373 e. The van der Waals surface area contributed by atoms with E-state index in [0.29, 0.717) is 6.54 Å². The van der Waals surface area contributed by atoms with Crippen LogP contribution in [-0.4, -0.2) is 38.1 Å². The van der Waals surface area contributed by atoms with E-state index in [2.05, 4.69) is 9.71 Å². The van der Waals surface area contributed by atoms with Crippen molar-refractivity contribution in [2.75, 3.05) is 25.0 Å². The molecule has 6 nitrogen and oxygen atoms in total. The molecule has 0 aliphatic heterocycles. The van der Waals surface area contributed by atoms with E-state index in [1.165, 1.54) is 10.9 Å². The Balaban J connectivity index is 1.95. The van der Waals surface area contributed by atoms with E-state index in [-0.39, 0.29) is 16.7 Å². The molecule has 0 radical (unpaired) electrons. The highest BCUT2D eigenvalue weighted by Gasteiger charge is 2.21. The second-order valence-corrected chi connectivity index (χ2v) is 6.65. The molecular formula is C13H17ClN4O2S. The first-order chi connectivity index (χ1) is 9.92. The second-order valence-electron chi connectivity index (χ2n) is 4.61. The summed E-state index contributed by atoms with van der Waals surface area (Å²) in [6.07, 6.45) is 1.37. The Morgan fingerprint density at radius 2 is 2.00 bits per heavy atom. The molecule has 1 heterocycles. The minimum atomic E-state index is -3.69. The fraction of sp³-hybridized carbons (Fsp3) is 0.308. The number of imidazole rings is 1. The Morgan fingerprint density at radius 1 is 1.33 bits per heavy atom. The van der Waals surface area contributed by atoms with E-state index in [1.807, 2.05) is 42.3 Å². The predicted octanol–water partition coefficient (Wildman–Crippen LogP) is 1.49. The molecule has 0 saturated heterocycles. The summed E-state index contributed by atoms with van der Waals surface area (Å²) < 4.78 is 28.1. The van der Waals surface area contributed by atoms with Gasteiger partial charge in [-0.15, -0.1) is 0 Å². The van der Waals surface area contributed by atoms with Crippen LogP contribution in [0.25, 0.3) is 0 Å². The number of nitrogens with one attached hydrogen (secondary N) is 1. The number of para-hydroxylation sites is 1. The summed E-state index contributed by atoms with van der Waals surface area (Å²) in [5.74, 6) is 0. The third-order valence-corrected chi connectivity index (χ3v) is 4.97. The lowest BCUT2D eigenvalue weighted by Gasteiger charge is -2.19. The SMILES string of the molecule is CN(CCNS(=O)(=O)c1ncn(C)c1Cl)c1ccccc1. The average Bonchev–Trinajstić information content (AvgIpc) is 2.80. The molecule has 0 spiro atoms. The van der Waals surface area contributed by atoms with Crippen LogP contribution >= 0.6 is 11.6 Å². The number of anilines is 1. The highest BCUT2D eigenvalue weighted by Crippen LogP contribution is 2.18. The Kier molecular flexibility index (Phi) is 4.87. The highest BCUT2D eigenvalue weighted by atomic mass is 35.5. The van der Waals surface area contributed by atoms with Crippen LogP contribution < -0.4 is 9.62 Å². The number of hydrogen-bond donors (Lipinski definition) is 1. The summed E-state index contributed by atoms with van der Waals surface area (Å²) in [7, 11) is -0.152. The number of likely N-dealkylation sites (N-methyl/N-ethyl adjacent to an activating group) is 1. The molecule has 1 N–H and O–H groups in total. The van der Waals surface area contributed by atoms with Crippen LogP contribution in [0, 0.1) is 0 Å². The predicted molar refractivity (Wildman–Crippen MR) is 83.1 cm³/mol. The quantitative estimate of drug-likeness (QED) is 0.872. The van der Waals surface area contributed by atoms with Gasteiger partial charge in [-0.05, 0) is 12.1 Å². The van der Waals surface area contributed by atoms with Gasteiger partial charge < -0.3 is 9.47 Å². The van der Waals surface area contributed by atoms with Gasteiger partial charge in [-0.2, -0.15) is 0 Å². The van der Waals surface area contributed by atoms with Crippen LogP contribution in [0.5, 0.6) is 0 Å². The molecule has 0 unspecified atom stereocenters. The summed E-state index contributed by atoms with van der Waals surface area (Å²) in [4.78, 5) is 5.77. The summed E-state index contributed by atoms with van der Waals surface area (Å²) in [5.41, 5.74) is 1.02. The monoisotopic (exact) mass is 328 g/mol. The zero-order valence-corrected chi connectivity index (χ0v) is 13.4. The Hall–Kier alpha value is -1.57. The summed E-state index contributed by atoms with van der Waals surface area (Å²) in [6.45, 7) is 0.800. The molecule has 2 rings (SSSR count). The lowest BCUT2D eigenvalue weighted by atomic mass is 10.3. The first kappa shape index (κ1) is 15.8. The van der Waals surface area contributed by atoms with Crippen molar-refractivity contribution in [2.24, 2.45) is 7.05 Å². The number of rotatable bonds is 6. The van der Waals surface area contributed by atoms with Crippen LogP contribution in [0.4, 0.5) is 5.69 Å². The van der Waals surface area contributed by atoms with Crippen molar-refractivity contribution in [1.82, 2.24) is 14.3 Å². The van der Waals surface area contributed by atoms with Crippen molar-refractivity contribution in [1.29, 1.82) is 0 Å². The zero-order chi connectivity index (χ0) is 15.5. The van der Waals surface area contributed by atoms with Gasteiger partial charge in [0.05, 0.1) is 6.33 Å². The topological polar surface area (TPSA) is 67.2 Å². The van der Waals surface area contributed by atoms with E-state index < -0.39 is 10.0 Å². The number of hydrogen-bond acceptors (Lipinski definition) is 4. The molecule has 0 aliphatic carbocycles. The Labute approximate surface area is 129 Å². The molecule has 1 aromatic heterocycles. The molecule has 1 aromatic carbocycles. The summed E-state index contributed by atoms with van der Waals surface area (Å²) in [6, 6.07) is 9.73. The highest BCUT2D eigenvalue weighted by molar-refractivity contribution is 7.89. The maximum atomic E-state index is 12.1. The normalized spacial score (nSPS) is 11.6. The Bertz CT molecular complexity index is 700. The van der Waals surface area contributed by atoms with Gasteiger partial charge in [-0.25, -0.2) is 18.1 Å². The molecule has 2 aromatic rings. The molecule has 114 valence electrons. The van der Waals surface area contributed by atoms with E-state index in [4.69, 9.17) is 11.6 Å². The van der Waals surface area contributed by atoms with E-state index in [0.717, 1.165) is 5.69 Å². The molecular weight excluding hydrogens is 312 g/mol. The van der Waals surface area contributed by atoms with Crippen molar-refractivity contribution in [3.05, 3.63) is 41.8 Å². The number of halogens is 1. The second kappa shape index (κ2) is 6.46. The van der Waals surface area contributed by atoms with Gasteiger partial charge in [0.2, 0.25) is 5.03 Å². The molecule has 21 heavy (non-hydrogen) atoms. The molecule has 0 amide bonds. The van der Waals surface area contributed by atoms with Crippen molar-refractivity contribution in [2.45, 2.75) is 5.03 Å². The maximum absolute atomic E-state index is 12.1. The van der Waals surface area contributed by atoms with Gasteiger partial charge in [-0.3, -0.25) is 0 Å². The molecule has 0 aliphatic rings. The van der Waals surface area contributed by atoms with Gasteiger partial charge in [-0.1, -0.05) is 29.8 Å². The van der Waals surface area contributed by atoms with Gasteiger partial charge in [0, 0.05) is 32.9 Å². The van der Waals surface area contributed by atoms with E-state index in [9.17, 15) is 8.42 Å². The molecule has 8 heteroatoms. The number of benzene rings is 1. The summed E-state index contributed by atoms with van der Waals surface area (Å²) in [5, 5.41) is -0.0482. The number of sulfonamides is 1. The van der Waals surface area contributed by atoms with Crippen molar-refractivity contribution < 1.29 is 8.42 Å². The zero-order valence-electron chi connectivity index (χ0n) is 11.8. The molecule has 0 bridgehead atoms. The number of aromatic nitrogens is 2. The standard InChI is InChI=1S/C13H17ClN4O2S/c1-17(11-6-4-3-5-7-11)9-8-16-21(19,20)13-12(14)18(2)10-15-13/h3-7,10,16H,8-9H2,1-2H3. The third kappa shape index (κ3) is 3.75. The van der Waals surface area contributed by atoms with Crippen molar-refractivity contribution in [3.8, 4) is 0 Å². The Morgan fingerprint density at radius 3 is 2.57 bits per heavy atom. The first-order valence-corrected chi connectivity index (χ1v) is 8.20. The van der Waals surface area contributed by atoms with E-state index in [1.54, 1.807) is 7.05 Å². The van der Waals surface area contributed by atoms with Gasteiger partial charge >= 0.3 is 0 Å². The fourth-order valence-corrected chi connectivity index (χ4v) is 3.25. The summed E-state index contributed by atoms with van der Waals surface area (Å²) >= 11 is 5.90. The van der Waals surface area contributed by atoms with Gasteiger partial charge in [0.25, 0.3) is 10.0 Å². The van der Waals surface area contributed by atoms with Gasteiger partial charge in [0.1, 0.15) is 5.15 Å². The first-order valence-electron chi connectivity index (χ1n) is 6.34. The smallest absolute Gasteiger partial charge is 0.261 e. The fourth-order valence-electron chi connectivity index (χ4n) is 1.80. The van der Waals surface area contributed by atoms with E-state index >= 15 is 0 Å². The van der Waals surface area contributed by atoms with Gasteiger partial charge in [0.15, 0.2) is 0 Å². The molecule has 0 atom stereocenters. The minimum absolute atomic E-state index is 0.0962. The molecule has 0 saturated carbocycles. The average molecular weight is 329 g/mol. The number of nitrogens with zero attached hydrogens (tertiary/aromatic N) is 3.